The van der Waals surface area contributed by atoms with Crippen molar-refractivity contribution in [3.8, 4) is 0 Å². The molecule has 0 saturated carbocycles. The fraction of sp³-hybridized carbons (Fsp3) is 0.455. The van der Waals surface area contributed by atoms with Crippen molar-refractivity contribution in [2.45, 2.75) is 26.7 Å². The summed E-state index contributed by atoms with van der Waals surface area (Å²) in [6, 6.07) is 0. The van der Waals surface area contributed by atoms with Gasteiger partial charge in [0.25, 0.3) is 0 Å². The fourth-order valence-electron chi connectivity index (χ4n) is 1.27. The minimum atomic E-state index is -1.08. The maximum atomic E-state index is 10.8. The molecule has 0 aromatic heterocycles. The van der Waals surface area contributed by atoms with Crippen LogP contribution >= 0.6 is 0 Å². The summed E-state index contributed by atoms with van der Waals surface area (Å²) in [4.78, 5) is 21.0. The average Bonchev–Trinajstić information content (AvgIpc) is 2.11. The van der Waals surface area contributed by atoms with Gasteiger partial charge in [0.15, 0.2) is 0 Å². The van der Waals surface area contributed by atoms with Gasteiger partial charge in [0.05, 0.1) is 0 Å². The third-order valence-electron chi connectivity index (χ3n) is 2.01. The Balaban J connectivity index is 4.65. The van der Waals surface area contributed by atoms with E-state index in [0.29, 0.717) is 0 Å². The molecule has 0 rings (SSSR count). The molecule has 84 valence electrons. The van der Waals surface area contributed by atoms with Crippen LogP contribution in [0.5, 0.6) is 0 Å². The molecule has 1 unspecified atom stereocenters. The summed E-state index contributed by atoms with van der Waals surface area (Å²) in [6.45, 7) is 3.79. The van der Waals surface area contributed by atoms with Crippen LogP contribution in [-0.2, 0) is 9.59 Å². The molecule has 0 amide bonds. The number of carboxylic acids is 2. The third kappa shape index (κ3) is 5.67. The predicted molar refractivity (Wildman–Crippen MR) is 56.6 cm³/mol. The first-order chi connectivity index (χ1) is 6.99. The lowest BCUT2D eigenvalue weighted by Crippen LogP contribution is -2.09. The average molecular weight is 212 g/mol. The van der Waals surface area contributed by atoms with Gasteiger partial charge < -0.3 is 10.2 Å². The molecule has 0 aliphatic rings. The van der Waals surface area contributed by atoms with Gasteiger partial charge in [0.1, 0.15) is 0 Å². The Morgan fingerprint density at radius 1 is 1.33 bits per heavy atom. The molecule has 0 aliphatic heterocycles. The van der Waals surface area contributed by atoms with Gasteiger partial charge in [-0.2, -0.15) is 0 Å². The van der Waals surface area contributed by atoms with Crippen molar-refractivity contribution in [3.05, 3.63) is 23.8 Å². The van der Waals surface area contributed by atoms with Crippen LogP contribution in [0.2, 0.25) is 0 Å². The monoisotopic (exact) mass is 212 g/mol. The summed E-state index contributed by atoms with van der Waals surface area (Å²) in [6.07, 6.45) is 5.18. The van der Waals surface area contributed by atoms with E-state index in [-0.39, 0.29) is 11.5 Å². The Morgan fingerprint density at radius 2 is 1.93 bits per heavy atom. The van der Waals surface area contributed by atoms with Crippen LogP contribution in [0.1, 0.15) is 26.7 Å². The summed E-state index contributed by atoms with van der Waals surface area (Å²) in [7, 11) is 0. The lowest BCUT2D eigenvalue weighted by Gasteiger charge is -2.09. The number of hydrogen-bond donors (Lipinski definition) is 2. The molecular formula is C11H16O4. The second-order valence-electron chi connectivity index (χ2n) is 3.31. The van der Waals surface area contributed by atoms with E-state index in [2.05, 4.69) is 0 Å². The van der Waals surface area contributed by atoms with Gasteiger partial charge in [-0.05, 0) is 12.3 Å². The quantitative estimate of drug-likeness (QED) is 0.522. The van der Waals surface area contributed by atoms with Crippen LogP contribution in [0.25, 0.3) is 0 Å². The largest absolute Gasteiger partial charge is 0.478 e. The van der Waals surface area contributed by atoms with Crippen molar-refractivity contribution in [2.75, 3.05) is 0 Å². The van der Waals surface area contributed by atoms with E-state index in [9.17, 15) is 9.59 Å². The van der Waals surface area contributed by atoms with Crippen molar-refractivity contribution < 1.29 is 19.8 Å². The molecule has 0 aliphatic carbocycles. The molecule has 0 radical (unpaired) electrons. The molecule has 15 heavy (non-hydrogen) atoms. The topological polar surface area (TPSA) is 74.6 Å². The lowest BCUT2D eigenvalue weighted by molar-refractivity contribution is -0.133. The Hall–Kier alpha value is -1.58. The standard InChI is InChI=1S/C11H16O4/c1-3-5-8(2)9(11(14)15)6-4-7-10(12)13/h4,6-8H,3,5H2,1-2H3,(H,12,13)(H,14,15)/b7-4+,9-6+. The third-order valence-corrected chi connectivity index (χ3v) is 2.01. The van der Waals surface area contributed by atoms with E-state index in [1.54, 1.807) is 0 Å². The van der Waals surface area contributed by atoms with Crippen LogP contribution < -0.4 is 0 Å². The zero-order chi connectivity index (χ0) is 11.8. The van der Waals surface area contributed by atoms with Gasteiger partial charge in [-0.15, -0.1) is 0 Å². The summed E-state index contributed by atoms with van der Waals surface area (Å²) < 4.78 is 0. The molecule has 0 saturated heterocycles. The van der Waals surface area contributed by atoms with Crippen molar-refractivity contribution in [2.24, 2.45) is 5.92 Å². The number of aliphatic carboxylic acids is 2. The zero-order valence-corrected chi connectivity index (χ0v) is 8.93. The summed E-state index contributed by atoms with van der Waals surface area (Å²) in [5, 5.41) is 17.2. The molecule has 0 aromatic rings. The van der Waals surface area contributed by atoms with E-state index < -0.39 is 11.9 Å². The number of hydrogen-bond acceptors (Lipinski definition) is 2. The number of rotatable bonds is 6. The molecule has 0 fully saturated rings. The zero-order valence-electron chi connectivity index (χ0n) is 8.93. The minimum absolute atomic E-state index is 0.0639. The minimum Gasteiger partial charge on any atom is -0.478 e. The van der Waals surface area contributed by atoms with E-state index in [1.165, 1.54) is 12.2 Å². The van der Waals surface area contributed by atoms with Gasteiger partial charge in [-0.3, -0.25) is 0 Å². The lowest BCUT2D eigenvalue weighted by atomic mass is 9.96. The van der Waals surface area contributed by atoms with E-state index in [4.69, 9.17) is 10.2 Å². The Bertz CT molecular complexity index is 289. The first-order valence-electron chi connectivity index (χ1n) is 4.83. The molecule has 4 nitrogen and oxygen atoms in total. The highest BCUT2D eigenvalue weighted by Crippen LogP contribution is 2.16. The second-order valence-corrected chi connectivity index (χ2v) is 3.31. The van der Waals surface area contributed by atoms with Crippen LogP contribution in [-0.4, -0.2) is 22.2 Å². The number of carbonyl (C=O) groups is 2. The van der Waals surface area contributed by atoms with Crippen LogP contribution in [0.4, 0.5) is 0 Å². The maximum Gasteiger partial charge on any atom is 0.331 e. The Morgan fingerprint density at radius 3 is 2.33 bits per heavy atom. The fourth-order valence-corrected chi connectivity index (χ4v) is 1.27. The first-order valence-corrected chi connectivity index (χ1v) is 4.83. The highest BCUT2D eigenvalue weighted by Gasteiger charge is 2.13. The summed E-state index contributed by atoms with van der Waals surface area (Å²) >= 11 is 0. The van der Waals surface area contributed by atoms with Gasteiger partial charge in [0, 0.05) is 11.6 Å². The van der Waals surface area contributed by atoms with E-state index in [1.807, 2.05) is 13.8 Å². The molecule has 0 spiro atoms. The molecule has 1 atom stereocenters. The Labute approximate surface area is 88.9 Å². The smallest absolute Gasteiger partial charge is 0.331 e. The highest BCUT2D eigenvalue weighted by molar-refractivity contribution is 5.88. The number of carboxylic acid groups (broad SMARTS) is 2. The van der Waals surface area contributed by atoms with Crippen LogP contribution in [0.15, 0.2) is 23.8 Å². The summed E-state index contributed by atoms with van der Waals surface area (Å²) in [5.41, 5.74) is 0.245. The molecule has 0 aromatic carbocycles. The van der Waals surface area contributed by atoms with E-state index in [0.717, 1.165) is 18.9 Å². The van der Waals surface area contributed by atoms with Crippen molar-refractivity contribution >= 4 is 11.9 Å². The predicted octanol–water partition coefficient (Wildman–Crippen LogP) is 2.07. The van der Waals surface area contributed by atoms with Gasteiger partial charge in [-0.1, -0.05) is 32.4 Å². The van der Waals surface area contributed by atoms with Gasteiger partial charge in [0.2, 0.25) is 0 Å². The molecule has 4 heteroatoms. The molecule has 0 bridgehead atoms. The van der Waals surface area contributed by atoms with Crippen LogP contribution in [0.3, 0.4) is 0 Å². The highest BCUT2D eigenvalue weighted by atomic mass is 16.4. The van der Waals surface area contributed by atoms with Crippen LogP contribution in [0, 0.1) is 5.92 Å². The second kappa shape index (κ2) is 6.81. The SMILES string of the molecule is CCCC(C)/C(=C\C=C\C(=O)O)C(=O)O. The van der Waals surface area contributed by atoms with Gasteiger partial charge >= 0.3 is 11.9 Å². The Kier molecular flexibility index (Phi) is 6.09. The van der Waals surface area contributed by atoms with Crippen molar-refractivity contribution in [1.29, 1.82) is 0 Å². The van der Waals surface area contributed by atoms with E-state index >= 15 is 0 Å². The molecule has 0 heterocycles. The number of allylic oxidation sites excluding steroid dienone is 2. The van der Waals surface area contributed by atoms with Crippen molar-refractivity contribution in [3.63, 3.8) is 0 Å². The first kappa shape index (κ1) is 13.4. The molecular weight excluding hydrogens is 196 g/mol. The molecule has 2 N–H and O–H groups in total. The summed E-state index contributed by atoms with van der Waals surface area (Å²) in [5.74, 6) is -2.14. The van der Waals surface area contributed by atoms with Gasteiger partial charge in [-0.25, -0.2) is 9.59 Å². The normalized spacial score (nSPS) is 14.1. The maximum absolute atomic E-state index is 10.8. The van der Waals surface area contributed by atoms with Crippen molar-refractivity contribution in [1.82, 2.24) is 0 Å².